The van der Waals surface area contributed by atoms with Crippen molar-refractivity contribution in [3.8, 4) is 5.75 Å². The molecule has 3 aliphatic rings. The maximum Gasteiger partial charge on any atom is 0.253 e. The third kappa shape index (κ3) is 3.83. The van der Waals surface area contributed by atoms with Crippen molar-refractivity contribution < 1.29 is 14.3 Å². The monoisotopic (exact) mass is 370 g/mol. The summed E-state index contributed by atoms with van der Waals surface area (Å²) in [6.45, 7) is 5.81. The quantitative estimate of drug-likeness (QED) is 0.772. The third-order valence-corrected chi connectivity index (χ3v) is 6.21. The minimum atomic E-state index is -0.340. The van der Waals surface area contributed by atoms with E-state index < -0.39 is 0 Å². The SMILES string of the molecule is CCCOc1ccc(C(=O)N2CCC3(CCCN(CC4CC4)C3=O)C2)cc1. The van der Waals surface area contributed by atoms with E-state index in [4.69, 9.17) is 4.74 Å². The Morgan fingerprint density at radius 2 is 1.96 bits per heavy atom. The average Bonchev–Trinajstić information content (AvgIpc) is 3.41. The molecular weight excluding hydrogens is 340 g/mol. The number of carbonyl (C=O) groups excluding carboxylic acids is 2. The van der Waals surface area contributed by atoms with E-state index in [1.165, 1.54) is 12.8 Å². The second-order valence-corrected chi connectivity index (χ2v) is 8.43. The van der Waals surface area contributed by atoms with E-state index in [0.717, 1.165) is 50.4 Å². The molecule has 1 aromatic rings. The van der Waals surface area contributed by atoms with Crippen molar-refractivity contribution in [3.05, 3.63) is 29.8 Å². The van der Waals surface area contributed by atoms with Crippen LogP contribution in [0.2, 0.25) is 0 Å². The van der Waals surface area contributed by atoms with Crippen molar-refractivity contribution in [1.29, 1.82) is 0 Å². The van der Waals surface area contributed by atoms with Crippen LogP contribution in [0.5, 0.6) is 5.75 Å². The van der Waals surface area contributed by atoms with Gasteiger partial charge in [0, 0.05) is 31.7 Å². The van der Waals surface area contributed by atoms with E-state index in [1.807, 2.05) is 29.2 Å². The lowest BCUT2D eigenvalue weighted by molar-refractivity contribution is -0.145. The number of nitrogens with zero attached hydrogens (tertiary/aromatic N) is 2. The van der Waals surface area contributed by atoms with Crippen molar-refractivity contribution in [2.24, 2.45) is 11.3 Å². The number of hydrogen-bond donors (Lipinski definition) is 0. The van der Waals surface area contributed by atoms with Gasteiger partial charge in [0.15, 0.2) is 0 Å². The molecule has 0 aromatic heterocycles. The van der Waals surface area contributed by atoms with Gasteiger partial charge in [-0.25, -0.2) is 0 Å². The highest BCUT2D eigenvalue weighted by Crippen LogP contribution is 2.42. The Bertz CT molecular complexity index is 698. The van der Waals surface area contributed by atoms with Gasteiger partial charge in [0.05, 0.1) is 12.0 Å². The van der Waals surface area contributed by atoms with Crippen LogP contribution >= 0.6 is 0 Å². The van der Waals surface area contributed by atoms with Crippen LogP contribution in [-0.2, 0) is 4.79 Å². The van der Waals surface area contributed by atoms with Gasteiger partial charge in [-0.2, -0.15) is 0 Å². The normalized spacial score (nSPS) is 25.3. The summed E-state index contributed by atoms with van der Waals surface area (Å²) in [4.78, 5) is 30.0. The van der Waals surface area contributed by atoms with Gasteiger partial charge < -0.3 is 14.5 Å². The van der Waals surface area contributed by atoms with Crippen molar-refractivity contribution >= 4 is 11.8 Å². The topological polar surface area (TPSA) is 49.9 Å². The number of hydrogen-bond acceptors (Lipinski definition) is 3. The first-order valence-electron chi connectivity index (χ1n) is 10.4. The van der Waals surface area contributed by atoms with Gasteiger partial charge in [-0.15, -0.1) is 0 Å². The summed E-state index contributed by atoms with van der Waals surface area (Å²) in [5.74, 6) is 1.83. The largest absolute Gasteiger partial charge is 0.494 e. The maximum absolute atomic E-state index is 13.1. The molecule has 2 amide bonds. The second kappa shape index (κ2) is 7.53. The fourth-order valence-electron chi connectivity index (χ4n) is 4.46. The van der Waals surface area contributed by atoms with E-state index in [9.17, 15) is 9.59 Å². The number of carbonyl (C=O) groups is 2. The van der Waals surface area contributed by atoms with Crippen LogP contribution < -0.4 is 4.74 Å². The standard InChI is InChI=1S/C22H30N2O3/c1-2-14-27-19-8-6-18(7-9-19)20(25)24-13-11-22(16-24)10-3-12-23(21(22)26)15-17-4-5-17/h6-9,17H,2-5,10-16H2,1H3. The van der Waals surface area contributed by atoms with Crippen LogP contribution in [0.25, 0.3) is 0 Å². The maximum atomic E-state index is 13.1. The zero-order chi connectivity index (χ0) is 18.9. The summed E-state index contributed by atoms with van der Waals surface area (Å²) in [5, 5.41) is 0. The molecule has 1 atom stereocenters. The molecule has 5 heteroatoms. The first-order chi connectivity index (χ1) is 13.1. The minimum absolute atomic E-state index is 0.0287. The number of benzene rings is 1. The molecule has 1 saturated carbocycles. The molecule has 146 valence electrons. The van der Waals surface area contributed by atoms with Crippen LogP contribution in [0, 0.1) is 11.3 Å². The van der Waals surface area contributed by atoms with Crippen LogP contribution in [0.1, 0.15) is 55.8 Å². The van der Waals surface area contributed by atoms with E-state index in [1.54, 1.807) is 0 Å². The van der Waals surface area contributed by atoms with Gasteiger partial charge in [-0.3, -0.25) is 9.59 Å². The van der Waals surface area contributed by atoms with E-state index in [0.29, 0.717) is 31.2 Å². The molecule has 1 unspecified atom stereocenters. The molecule has 4 rings (SSSR count). The van der Waals surface area contributed by atoms with Crippen LogP contribution in [-0.4, -0.2) is 54.4 Å². The number of amides is 2. The molecule has 27 heavy (non-hydrogen) atoms. The Balaban J connectivity index is 1.40. The van der Waals surface area contributed by atoms with Crippen molar-refractivity contribution in [1.82, 2.24) is 9.80 Å². The molecule has 0 N–H and O–H groups in total. The van der Waals surface area contributed by atoms with Gasteiger partial charge in [0.2, 0.25) is 5.91 Å². The van der Waals surface area contributed by atoms with Gasteiger partial charge in [0.25, 0.3) is 5.91 Å². The summed E-state index contributed by atoms with van der Waals surface area (Å²) >= 11 is 0. The highest BCUT2D eigenvalue weighted by atomic mass is 16.5. The molecule has 1 aliphatic carbocycles. The van der Waals surface area contributed by atoms with Gasteiger partial charge in [-0.1, -0.05) is 6.92 Å². The lowest BCUT2D eigenvalue weighted by Crippen LogP contribution is -2.50. The summed E-state index contributed by atoms with van der Waals surface area (Å²) in [6, 6.07) is 7.39. The predicted molar refractivity (Wildman–Crippen MR) is 104 cm³/mol. The van der Waals surface area contributed by atoms with Crippen LogP contribution in [0.4, 0.5) is 0 Å². The minimum Gasteiger partial charge on any atom is -0.494 e. The molecule has 0 radical (unpaired) electrons. The van der Waals surface area contributed by atoms with Gasteiger partial charge >= 0.3 is 0 Å². The second-order valence-electron chi connectivity index (χ2n) is 8.43. The van der Waals surface area contributed by atoms with Crippen LogP contribution in [0.3, 0.4) is 0 Å². The van der Waals surface area contributed by atoms with E-state index in [2.05, 4.69) is 11.8 Å². The van der Waals surface area contributed by atoms with E-state index >= 15 is 0 Å². The zero-order valence-electron chi connectivity index (χ0n) is 16.3. The predicted octanol–water partition coefficient (Wildman–Crippen LogP) is 3.34. The molecule has 1 spiro atoms. The highest BCUT2D eigenvalue weighted by molar-refractivity contribution is 5.95. The number of ether oxygens (including phenoxy) is 1. The molecule has 2 aliphatic heterocycles. The number of likely N-dealkylation sites (tertiary alicyclic amines) is 2. The Labute approximate surface area is 161 Å². The molecule has 1 aromatic carbocycles. The lowest BCUT2D eigenvalue weighted by atomic mass is 9.78. The summed E-state index contributed by atoms with van der Waals surface area (Å²) < 4.78 is 5.59. The van der Waals surface area contributed by atoms with Crippen LogP contribution in [0.15, 0.2) is 24.3 Å². The molecule has 3 fully saturated rings. The number of piperidine rings is 1. The van der Waals surface area contributed by atoms with Crippen molar-refractivity contribution in [2.45, 2.75) is 45.4 Å². The number of rotatable bonds is 6. The molecule has 5 nitrogen and oxygen atoms in total. The Morgan fingerprint density at radius 3 is 2.67 bits per heavy atom. The van der Waals surface area contributed by atoms with Crippen molar-refractivity contribution in [3.63, 3.8) is 0 Å². The molecular formula is C22H30N2O3. The van der Waals surface area contributed by atoms with Gasteiger partial charge in [-0.05, 0) is 68.7 Å². The fraction of sp³-hybridized carbons (Fsp3) is 0.636. The molecule has 0 bridgehead atoms. The van der Waals surface area contributed by atoms with E-state index in [-0.39, 0.29) is 11.3 Å². The Morgan fingerprint density at radius 1 is 1.19 bits per heavy atom. The summed E-state index contributed by atoms with van der Waals surface area (Å²) in [7, 11) is 0. The molecule has 2 saturated heterocycles. The summed E-state index contributed by atoms with van der Waals surface area (Å²) in [6.07, 6.45) is 6.27. The first-order valence-corrected chi connectivity index (χ1v) is 10.4. The lowest BCUT2D eigenvalue weighted by Gasteiger charge is -2.39. The average molecular weight is 370 g/mol. The molecule has 2 heterocycles. The Hall–Kier alpha value is -2.04. The fourth-order valence-corrected chi connectivity index (χ4v) is 4.46. The smallest absolute Gasteiger partial charge is 0.253 e. The van der Waals surface area contributed by atoms with Gasteiger partial charge in [0.1, 0.15) is 5.75 Å². The van der Waals surface area contributed by atoms with Crippen molar-refractivity contribution in [2.75, 3.05) is 32.8 Å². The first kappa shape index (κ1) is 18.3. The Kier molecular flexibility index (Phi) is 5.11. The zero-order valence-corrected chi connectivity index (χ0v) is 16.3. The highest BCUT2D eigenvalue weighted by Gasteiger charge is 2.49. The summed E-state index contributed by atoms with van der Waals surface area (Å²) in [5.41, 5.74) is 0.335. The third-order valence-electron chi connectivity index (χ3n) is 6.21.